The summed E-state index contributed by atoms with van der Waals surface area (Å²) in [4.78, 5) is 33.4. The van der Waals surface area contributed by atoms with Crippen LogP contribution in [0.3, 0.4) is 0 Å². The van der Waals surface area contributed by atoms with Crippen LogP contribution >= 0.6 is 0 Å². The minimum atomic E-state index is 0.0179. The highest BCUT2D eigenvalue weighted by Crippen LogP contribution is 2.20. The van der Waals surface area contributed by atoms with Crippen molar-refractivity contribution in [2.24, 2.45) is 0 Å². The van der Waals surface area contributed by atoms with Gasteiger partial charge in [-0.05, 0) is 28.8 Å². The van der Waals surface area contributed by atoms with Gasteiger partial charge in [0.2, 0.25) is 5.91 Å². The van der Waals surface area contributed by atoms with Crippen molar-refractivity contribution < 1.29 is 9.59 Å². The Morgan fingerprint density at radius 2 is 1.39 bits per heavy atom. The molecule has 158 valence electrons. The second-order valence-electron chi connectivity index (χ2n) is 7.88. The maximum atomic E-state index is 12.6. The van der Waals surface area contributed by atoms with Gasteiger partial charge in [0.1, 0.15) is 0 Å². The Kier molecular flexibility index (Phi) is 6.85. The van der Waals surface area contributed by atoms with Gasteiger partial charge < -0.3 is 4.90 Å². The predicted molar refractivity (Wildman–Crippen MR) is 122 cm³/mol. The number of carbonyl (C=O) groups is 2. The Bertz CT molecular complexity index is 996. The van der Waals surface area contributed by atoms with E-state index >= 15 is 0 Å². The zero-order valence-electron chi connectivity index (χ0n) is 17.6. The molecule has 3 aromatic rings. The van der Waals surface area contributed by atoms with E-state index in [4.69, 9.17) is 0 Å². The van der Waals surface area contributed by atoms with Gasteiger partial charge >= 0.3 is 0 Å². The van der Waals surface area contributed by atoms with Crippen molar-refractivity contribution in [3.05, 3.63) is 90.3 Å². The fraction of sp³-hybridized carbons (Fsp3) is 0.269. The number of benzene rings is 2. The first kappa shape index (κ1) is 20.9. The molecule has 1 saturated heterocycles. The Morgan fingerprint density at radius 1 is 0.742 bits per heavy atom. The van der Waals surface area contributed by atoms with Crippen LogP contribution < -0.4 is 0 Å². The molecule has 0 atom stereocenters. The summed E-state index contributed by atoms with van der Waals surface area (Å²) >= 11 is 0. The summed E-state index contributed by atoms with van der Waals surface area (Å²) in [6.07, 6.45) is 4.13. The summed E-state index contributed by atoms with van der Waals surface area (Å²) in [6, 6.07) is 21.8. The number of piperazine rings is 1. The van der Waals surface area contributed by atoms with Crippen molar-refractivity contribution in [3.63, 3.8) is 0 Å². The second kappa shape index (κ2) is 10.1. The van der Waals surface area contributed by atoms with E-state index in [0.717, 1.165) is 30.8 Å². The number of hydrogen-bond donors (Lipinski definition) is 0. The Balaban J connectivity index is 1.23. The van der Waals surface area contributed by atoms with E-state index < -0.39 is 0 Å². The smallest absolute Gasteiger partial charge is 0.223 e. The van der Waals surface area contributed by atoms with Crippen LogP contribution in [0.5, 0.6) is 0 Å². The Morgan fingerprint density at radius 3 is 2.06 bits per heavy atom. The van der Waals surface area contributed by atoms with Gasteiger partial charge in [0.25, 0.3) is 0 Å². The fourth-order valence-corrected chi connectivity index (χ4v) is 3.90. The normalized spacial score (nSPS) is 14.4. The van der Waals surface area contributed by atoms with Crippen molar-refractivity contribution in [1.82, 2.24) is 14.8 Å². The largest absolute Gasteiger partial charge is 0.340 e. The lowest BCUT2D eigenvalue weighted by Gasteiger charge is -2.34. The van der Waals surface area contributed by atoms with Crippen LogP contribution in [-0.2, 0) is 11.3 Å². The quantitative estimate of drug-likeness (QED) is 0.548. The monoisotopic (exact) mass is 413 g/mol. The Hall–Kier alpha value is -3.31. The molecular formula is C26H27N3O2. The van der Waals surface area contributed by atoms with Crippen LogP contribution in [0.15, 0.2) is 79.1 Å². The van der Waals surface area contributed by atoms with E-state index in [-0.39, 0.29) is 24.5 Å². The van der Waals surface area contributed by atoms with Gasteiger partial charge in [0.05, 0.1) is 0 Å². The molecule has 1 aliphatic heterocycles. The van der Waals surface area contributed by atoms with Crippen molar-refractivity contribution in [3.8, 4) is 11.1 Å². The van der Waals surface area contributed by atoms with E-state index in [2.05, 4.69) is 9.88 Å². The summed E-state index contributed by atoms with van der Waals surface area (Å²) < 4.78 is 0. The minimum Gasteiger partial charge on any atom is -0.340 e. The third-order valence-corrected chi connectivity index (χ3v) is 5.76. The molecule has 0 aliphatic carbocycles. The molecule has 0 spiro atoms. The molecule has 5 heteroatoms. The summed E-state index contributed by atoms with van der Waals surface area (Å²) in [5, 5.41) is 0. The Labute approximate surface area is 183 Å². The molecule has 2 heterocycles. The van der Waals surface area contributed by atoms with Crippen LogP contribution in [0.2, 0.25) is 0 Å². The molecule has 0 unspecified atom stereocenters. The molecule has 1 aliphatic rings. The van der Waals surface area contributed by atoms with Gasteiger partial charge in [-0.3, -0.25) is 19.5 Å². The first-order valence-corrected chi connectivity index (χ1v) is 10.8. The van der Waals surface area contributed by atoms with Crippen molar-refractivity contribution in [1.29, 1.82) is 0 Å². The van der Waals surface area contributed by atoms with Crippen LogP contribution in [0.1, 0.15) is 28.8 Å². The number of carbonyl (C=O) groups excluding carboxylic acids is 2. The number of rotatable bonds is 7. The molecule has 1 aromatic heterocycles. The third-order valence-electron chi connectivity index (χ3n) is 5.76. The highest BCUT2D eigenvalue weighted by molar-refractivity contribution is 5.98. The summed E-state index contributed by atoms with van der Waals surface area (Å²) in [5.41, 5.74) is 4.10. The summed E-state index contributed by atoms with van der Waals surface area (Å²) in [6.45, 7) is 4.00. The number of Topliss-reactive ketones (excluding diaryl/α,β-unsaturated/α-hetero) is 1. The number of nitrogens with zero attached hydrogens (tertiary/aromatic N) is 3. The highest BCUT2D eigenvalue weighted by atomic mass is 16.2. The van der Waals surface area contributed by atoms with Crippen molar-refractivity contribution >= 4 is 11.7 Å². The van der Waals surface area contributed by atoms with Crippen LogP contribution in [0.25, 0.3) is 11.1 Å². The van der Waals surface area contributed by atoms with E-state index in [9.17, 15) is 9.59 Å². The second-order valence-corrected chi connectivity index (χ2v) is 7.88. The highest BCUT2D eigenvalue weighted by Gasteiger charge is 2.21. The molecule has 0 saturated carbocycles. The fourth-order valence-electron chi connectivity index (χ4n) is 3.90. The van der Waals surface area contributed by atoms with Gasteiger partial charge in [-0.15, -0.1) is 0 Å². The lowest BCUT2D eigenvalue weighted by molar-refractivity contribution is -0.132. The van der Waals surface area contributed by atoms with Crippen molar-refractivity contribution in [2.45, 2.75) is 19.4 Å². The summed E-state index contributed by atoms with van der Waals surface area (Å²) in [5.74, 6) is 0.0853. The van der Waals surface area contributed by atoms with E-state index in [0.29, 0.717) is 18.7 Å². The lowest BCUT2D eigenvalue weighted by atomic mass is 10.0. The van der Waals surface area contributed by atoms with E-state index in [1.807, 2.05) is 71.6 Å². The van der Waals surface area contributed by atoms with Gasteiger partial charge in [-0.25, -0.2) is 0 Å². The first-order valence-electron chi connectivity index (χ1n) is 10.8. The van der Waals surface area contributed by atoms with Gasteiger partial charge in [0, 0.05) is 63.5 Å². The zero-order chi connectivity index (χ0) is 21.5. The van der Waals surface area contributed by atoms with Gasteiger partial charge in [-0.2, -0.15) is 0 Å². The number of amides is 1. The molecule has 0 N–H and O–H groups in total. The molecule has 31 heavy (non-hydrogen) atoms. The standard InChI is InChI=1S/C26H27N3O2/c30-25(24-8-6-23(7-9-24)22-4-2-1-3-5-22)10-11-26(31)29-18-16-28(17-19-29)20-21-12-14-27-15-13-21/h1-9,12-15H,10-11,16-20H2. The van der Waals surface area contributed by atoms with Crippen LogP contribution in [0, 0.1) is 0 Å². The average Bonchev–Trinajstić information content (AvgIpc) is 2.84. The van der Waals surface area contributed by atoms with E-state index in [1.165, 1.54) is 5.56 Å². The predicted octanol–water partition coefficient (Wildman–Crippen LogP) is 4.06. The minimum absolute atomic E-state index is 0.0179. The molecule has 1 amide bonds. The molecule has 2 aromatic carbocycles. The molecule has 0 radical (unpaired) electrons. The summed E-state index contributed by atoms with van der Waals surface area (Å²) in [7, 11) is 0. The molecule has 4 rings (SSSR count). The maximum absolute atomic E-state index is 12.6. The van der Waals surface area contributed by atoms with Crippen molar-refractivity contribution in [2.75, 3.05) is 26.2 Å². The van der Waals surface area contributed by atoms with Gasteiger partial charge in [-0.1, -0.05) is 54.6 Å². The molecular weight excluding hydrogens is 386 g/mol. The van der Waals surface area contributed by atoms with Crippen LogP contribution in [-0.4, -0.2) is 52.7 Å². The molecule has 1 fully saturated rings. The van der Waals surface area contributed by atoms with Gasteiger partial charge in [0.15, 0.2) is 5.78 Å². The SMILES string of the molecule is O=C(CCC(=O)N1CCN(Cc2ccncc2)CC1)c1ccc(-c2ccccc2)cc1. The average molecular weight is 414 g/mol. The lowest BCUT2D eigenvalue weighted by Crippen LogP contribution is -2.48. The maximum Gasteiger partial charge on any atom is 0.223 e. The number of hydrogen-bond acceptors (Lipinski definition) is 4. The molecule has 5 nitrogen and oxygen atoms in total. The topological polar surface area (TPSA) is 53.5 Å². The third kappa shape index (κ3) is 5.64. The molecule has 0 bridgehead atoms. The van der Waals surface area contributed by atoms with Crippen LogP contribution in [0.4, 0.5) is 0 Å². The zero-order valence-corrected chi connectivity index (χ0v) is 17.6. The first-order chi connectivity index (χ1) is 15.2. The number of pyridine rings is 1. The number of ketones is 1. The van der Waals surface area contributed by atoms with E-state index in [1.54, 1.807) is 12.4 Å². The number of aromatic nitrogens is 1.